The Morgan fingerprint density at radius 1 is 0.500 bits per heavy atom. The third-order valence-electron chi connectivity index (χ3n) is 3.97. The predicted molar refractivity (Wildman–Crippen MR) is 77.7 cm³/mol. The van der Waals surface area contributed by atoms with Gasteiger partial charge in [-0.25, -0.2) is 0 Å². The smallest absolute Gasteiger partial charge is 0.0365 e. The van der Waals surface area contributed by atoms with Gasteiger partial charge in [0, 0.05) is 0 Å². The molecule has 0 aliphatic carbocycles. The predicted octanol–water partition coefficient (Wildman–Crippen LogP) is 5.87. The normalized spacial score (nSPS) is 12.4. The van der Waals surface area contributed by atoms with Crippen LogP contribution in [0.4, 0.5) is 0 Å². The van der Waals surface area contributed by atoms with E-state index in [1.165, 1.54) is 6.42 Å². The number of hydrogen-bond acceptors (Lipinski definition) is 0. The highest BCUT2D eigenvalue weighted by Crippen LogP contribution is 2.34. The van der Waals surface area contributed by atoms with Gasteiger partial charge in [-0.3, -0.25) is 0 Å². The van der Waals surface area contributed by atoms with Gasteiger partial charge in [0.2, 0.25) is 0 Å². The van der Waals surface area contributed by atoms with Crippen LogP contribution in [0, 0.1) is 35.5 Å². The summed E-state index contributed by atoms with van der Waals surface area (Å²) in [6, 6.07) is 0. The van der Waals surface area contributed by atoms with Crippen LogP contribution in [-0.4, -0.2) is 0 Å². The summed E-state index contributed by atoms with van der Waals surface area (Å²) < 4.78 is 0. The Balaban J connectivity index is 0. The molecular formula is C16H36. The molecule has 0 saturated heterocycles. The molecule has 0 atom stereocenters. The summed E-state index contributed by atoms with van der Waals surface area (Å²) in [6.07, 6.45) is 1.41. The molecule has 0 bridgehead atoms. The molecule has 0 aromatic heterocycles. The Morgan fingerprint density at radius 3 is 0.812 bits per heavy atom. The van der Waals surface area contributed by atoms with Gasteiger partial charge in [0.25, 0.3) is 0 Å². The van der Waals surface area contributed by atoms with Crippen molar-refractivity contribution in [1.29, 1.82) is 0 Å². The average molecular weight is 228 g/mol. The molecule has 0 rings (SSSR count). The van der Waals surface area contributed by atoms with Gasteiger partial charge in [-0.05, 0) is 41.9 Å². The van der Waals surface area contributed by atoms with Gasteiger partial charge in [0.05, 0.1) is 0 Å². The van der Waals surface area contributed by atoms with E-state index in [1.54, 1.807) is 0 Å². The van der Waals surface area contributed by atoms with Crippen molar-refractivity contribution in [2.75, 3.05) is 0 Å². The van der Waals surface area contributed by atoms with E-state index < -0.39 is 0 Å². The molecule has 0 fully saturated rings. The van der Waals surface area contributed by atoms with Gasteiger partial charge in [0.15, 0.2) is 0 Å². The third kappa shape index (κ3) is 5.92. The molecule has 0 aromatic rings. The largest absolute Gasteiger partial charge is 0.0776 e. The Hall–Kier alpha value is 0. The van der Waals surface area contributed by atoms with Crippen molar-refractivity contribution in [3.8, 4) is 0 Å². The molecule has 0 aromatic carbocycles. The van der Waals surface area contributed by atoms with Gasteiger partial charge in [-0.15, -0.1) is 0 Å². The van der Waals surface area contributed by atoms with Gasteiger partial charge in [-0.2, -0.15) is 0 Å². The van der Waals surface area contributed by atoms with E-state index in [0.717, 1.165) is 35.5 Å². The van der Waals surface area contributed by atoms with Crippen LogP contribution in [0.3, 0.4) is 0 Å². The first-order valence-electron chi connectivity index (χ1n) is 6.77. The van der Waals surface area contributed by atoms with E-state index in [-0.39, 0.29) is 7.43 Å². The Bertz CT molecular complexity index is 119. The third-order valence-corrected chi connectivity index (χ3v) is 3.97. The second-order valence-electron chi connectivity index (χ2n) is 6.54. The molecule has 0 aliphatic heterocycles. The lowest BCUT2D eigenvalue weighted by atomic mass is 9.72. The topological polar surface area (TPSA) is 0 Å². The summed E-state index contributed by atoms with van der Waals surface area (Å²) in [5.74, 6) is 5.07. The van der Waals surface area contributed by atoms with Crippen LogP contribution in [0.5, 0.6) is 0 Å². The Kier molecular flexibility index (Phi) is 9.35. The van der Waals surface area contributed by atoms with E-state index in [0.29, 0.717) is 0 Å². The summed E-state index contributed by atoms with van der Waals surface area (Å²) in [7, 11) is 0. The van der Waals surface area contributed by atoms with Crippen LogP contribution in [0.1, 0.15) is 69.2 Å². The lowest BCUT2D eigenvalue weighted by Gasteiger charge is -2.33. The Labute approximate surface area is 105 Å². The van der Waals surface area contributed by atoms with Crippen molar-refractivity contribution in [2.45, 2.75) is 69.2 Å². The molecule has 0 unspecified atom stereocenters. The fourth-order valence-electron chi connectivity index (χ4n) is 2.94. The van der Waals surface area contributed by atoms with Crippen LogP contribution in [0.25, 0.3) is 0 Å². The van der Waals surface area contributed by atoms with Crippen LogP contribution >= 0.6 is 0 Å². The van der Waals surface area contributed by atoms with Crippen LogP contribution in [0.15, 0.2) is 0 Å². The van der Waals surface area contributed by atoms with Crippen LogP contribution in [0.2, 0.25) is 0 Å². The summed E-state index contributed by atoms with van der Waals surface area (Å²) in [4.78, 5) is 0. The van der Waals surface area contributed by atoms with E-state index in [1.807, 2.05) is 0 Å². The molecule has 0 aliphatic rings. The second-order valence-corrected chi connectivity index (χ2v) is 6.54. The molecule has 0 amide bonds. The lowest BCUT2D eigenvalue weighted by molar-refractivity contribution is 0.165. The molecular weight excluding hydrogens is 192 g/mol. The summed E-state index contributed by atoms with van der Waals surface area (Å²) in [5, 5.41) is 0. The highest BCUT2D eigenvalue weighted by molar-refractivity contribution is 4.75. The molecule has 0 radical (unpaired) electrons. The molecule has 0 spiro atoms. The van der Waals surface area contributed by atoms with Crippen LogP contribution in [-0.2, 0) is 0 Å². The molecule has 16 heavy (non-hydrogen) atoms. The minimum absolute atomic E-state index is 0. The van der Waals surface area contributed by atoms with Gasteiger partial charge in [0.1, 0.15) is 0 Å². The van der Waals surface area contributed by atoms with Gasteiger partial charge >= 0.3 is 0 Å². The van der Waals surface area contributed by atoms with E-state index in [9.17, 15) is 0 Å². The first-order valence-corrected chi connectivity index (χ1v) is 6.77. The highest BCUT2D eigenvalue weighted by atomic mass is 14.3. The first kappa shape index (κ1) is 18.4. The standard InChI is InChI=1S/C15H32.CH4/c1-10(2)14(11(3)4)9-15(12(5)6)13(7)8;/h10-15H,9H2,1-8H3;1H4. The van der Waals surface area contributed by atoms with Crippen molar-refractivity contribution in [2.24, 2.45) is 35.5 Å². The summed E-state index contributed by atoms with van der Waals surface area (Å²) in [6.45, 7) is 19.0. The fraction of sp³-hybridized carbons (Fsp3) is 1.00. The molecule has 0 saturated carbocycles. The van der Waals surface area contributed by atoms with Gasteiger partial charge < -0.3 is 0 Å². The zero-order chi connectivity index (χ0) is 12.2. The fourth-order valence-corrected chi connectivity index (χ4v) is 2.94. The number of rotatable bonds is 6. The molecule has 0 nitrogen and oxygen atoms in total. The van der Waals surface area contributed by atoms with E-state index in [4.69, 9.17) is 0 Å². The summed E-state index contributed by atoms with van der Waals surface area (Å²) in [5.41, 5.74) is 0. The molecule has 0 heterocycles. The molecule has 100 valence electrons. The maximum absolute atomic E-state index is 2.38. The van der Waals surface area contributed by atoms with Crippen molar-refractivity contribution >= 4 is 0 Å². The second kappa shape index (κ2) is 8.14. The Morgan fingerprint density at radius 2 is 0.688 bits per heavy atom. The zero-order valence-electron chi connectivity index (χ0n) is 12.2. The van der Waals surface area contributed by atoms with E-state index in [2.05, 4.69) is 55.4 Å². The minimum atomic E-state index is 0. The minimum Gasteiger partial charge on any atom is -0.0776 e. The zero-order valence-corrected chi connectivity index (χ0v) is 12.2. The van der Waals surface area contributed by atoms with E-state index >= 15 is 0 Å². The number of hydrogen-bond donors (Lipinski definition) is 0. The van der Waals surface area contributed by atoms with Gasteiger partial charge in [-0.1, -0.05) is 62.8 Å². The maximum Gasteiger partial charge on any atom is -0.0365 e. The SMILES string of the molecule is C.CC(C)C(CC(C(C)C)C(C)C)C(C)C. The van der Waals surface area contributed by atoms with Crippen molar-refractivity contribution in [3.63, 3.8) is 0 Å². The monoisotopic (exact) mass is 228 g/mol. The van der Waals surface area contributed by atoms with Crippen molar-refractivity contribution < 1.29 is 0 Å². The molecule has 0 N–H and O–H groups in total. The first-order chi connectivity index (χ1) is 6.77. The van der Waals surface area contributed by atoms with Crippen molar-refractivity contribution in [1.82, 2.24) is 0 Å². The average Bonchev–Trinajstić information content (AvgIpc) is 2.01. The molecule has 0 heteroatoms. The van der Waals surface area contributed by atoms with Crippen LogP contribution < -0.4 is 0 Å². The summed E-state index contributed by atoms with van der Waals surface area (Å²) >= 11 is 0. The highest BCUT2D eigenvalue weighted by Gasteiger charge is 2.25. The maximum atomic E-state index is 2.38. The quantitative estimate of drug-likeness (QED) is 0.533. The van der Waals surface area contributed by atoms with Crippen molar-refractivity contribution in [3.05, 3.63) is 0 Å². The lowest BCUT2D eigenvalue weighted by Crippen LogP contribution is -2.25.